The van der Waals surface area contributed by atoms with Crippen molar-refractivity contribution in [3.05, 3.63) is 72.0 Å². The zero-order valence-corrected chi connectivity index (χ0v) is 15.2. The predicted octanol–water partition coefficient (Wildman–Crippen LogP) is 3.11. The number of halogens is 1. The van der Waals surface area contributed by atoms with E-state index >= 15 is 0 Å². The monoisotopic (exact) mass is 383 g/mol. The summed E-state index contributed by atoms with van der Waals surface area (Å²) in [6.07, 6.45) is 0. The van der Waals surface area contributed by atoms with E-state index in [-0.39, 0.29) is 29.1 Å². The fourth-order valence-corrected chi connectivity index (χ4v) is 3.19. The zero-order chi connectivity index (χ0) is 19.2. The number of nitrogens with two attached hydrogens (primary N) is 2. The van der Waals surface area contributed by atoms with Crippen LogP contribution in [0.15, 0.2) is 65.8 Å². The molecule has 138 valence electrons. The summed E-state index contributed by atoms with van der Waals surface area (Å²) in [5.74, 6) is 0.0609. The van der Waals surface area contributed by atoms with Crippen LogP contribution in [0.3, 0.4) is 0 Å². The van der Waals surface area contributed by atoms with Gasteiger partial charge < -0.3 is 16.4 Å². The van der Waals surface area contributed by atoms with E-state index in [0.717, 1.165) is 17.3 Å². The molecule has 2 aromatic carbocycles. The van der Waals surface area contributed by atoms with E-state index in [9.17, 15) is 9.18 Å². The first-order chi connectivity index (χ1) is 13.0. The first-order valence-corrected chi connectivity index (χ1v) is 9.12. The van der Waals surface area contributed by atoms with E-state index < -0.39 is 0 Å². The number of amides is 1. The molecule has 8 heteroatoms. The molecule has 3 aromatic rings. The minimum atomic E-state index is -0.358. The average Bonchev–Trinajstić information content (AvgIpc) is 2.65. The van der Waals surface area contributed by atoms with Crippen molar-refractivity contribution in [1.29, 1.82) is 0 Å². The summed E-state index contributed by atoms with van der Waals surface area (Å²) >= 11 is 1.15. The van der Waals surface area contributed by atoms with Crippen LogP contribution in [0.5, 0.6) is 0 Å². The molecule has 27 heavy (non-hydrogen) atoms. The quantitative estimate of drug-likeness (QED) is 0.501. The topological polar surface area (TPSA) is 98.1 Å². The molecule has 3 rings (SSSR count). The van der Waals surface area contributed by atoms with Crippen LogP contribution in [0.4, 0.5) is 21.7 Å². The Morgan fingerprint density at radius 1 is 1.00 bits per heavy atom. The number of hydrogen-bond acceptors (Lipinski definition) is 6. The summed E-state index contributed by atoms with van der Waals surface area (Å²) in [5.41, 5.74) is 12.9. The number of hydrogen-bond donors (Lipinski definition) is 2. The van der Waals surface area contributed by atoms with Gasteiger partial charge in [-0.25, -0.2) is 14.4 Å². The van der Waals surface area contributed by atoms with Gasteiger partial charge in [-0.2, -0.15) is 0 Å². The Balaban J connectivity index is 1.78. The number of benzene rings is 2. The predicted molar refractivity (Wildman–Crippen MR) is 106 cm³/mol. The number of carbonyl (C=O) groups is 1. The highest BCUT2D eigenvalue weighted by atomic mass is 32.2. The van der Waals surface area contributed by atoms with Crippen LogP contribution >= 0.6 is 11.8 Å². The third-order valence-corrected chi connectivity index (χ3v) is 4.52. The van der Waals surface area contributed by atoms with Gasteiger partial charge in [-0.15, -0.1) is 0 Å². The molecule has 1 heterocycles. The maximum atomic E-state index is 13.3. The lowest BCUT2D eigenvalue weighted by molar-refractivity contribution is -0.116. The van der Waals surface area contributed by atoms with Crippen molar-refractivity contribution in [1.82, 2.24) is 9.97 Å². The van der Waals surface area contributed by atoms with Crippen molar-refractivity contribution in [2.75, 3.05) is 22.1 Å². The lowest BCUT2D eigenvalue weighted by Crippen LogP contribution is -2.32. The highest BCUT2D eigenvalue weighted by Crippen LogP contribution is 2.22. The molecule has 0 saturated heterocycles. The molecule has 0 unspecified atom stereocenters. The first kappa shape index (κ1) is 18.7. The van der Waals surface area contributed by atoms with Crippen molar-refractivity contribution in [3.8, 4) is 0 Å². The van der Waals surface area contributed by atoms with Gasteiger partial charge in [0, 0.05) is 11.8 Å². The van der Waals surface area contributed by atoms with Gasteiger partial charge in [0.25, 0.3) is 0 Å². The highest BCUT2D eigenvalue weighted by molar-refractivity contribution is 7.99. The Morgan fingerprint density at radius 3 is 2.26 bits per heavy atom. The summed E-state index contributed by atoms with van der Waals surface area (Å²) in [4.78, 5) is 22.6. The number of anilines is 3. The second-order valence-electron chi connectivity index (χ2n) is 5.73. The molecule has 0 radical (unpaired) electrons. The number of aromatic nitrogens is 2. The van der Waals surface area contributed by atoms with Gasteiger partial charge in [-0.05, 0) is 29.8 Å². The minimum Gasteiger partial charge on any atom is -0.383 e. The smallest absolute Gasteiger partial charge is 0.237 e. The lowest BCUT2D eigenvalue weighted by atomic mass is 10.2. The summed E-state index contributed by atoms with van der Waals surface area (Å²) in [6, 6.07) is 16.8. The fraction of sp³-hybridized carbons (Fsp3) is 0.105. The Hall–Kier alpha value is -3.13. The molecular formula is C19H18FN5OS. The number of nitrogens with zero attached hydrogens (tertiary/aromatic N) is 3. The van der Waals surface area contributed by atoms with E-state index in [1.54, 1.807) is 17.0 Å². The molecular weight excluding hydrogens is 365 g/mol. The van der Waals surface area contributed by atoms with Crippen molar-refractivity contribution in [2.24, 2.45) is 0 Å². The van der Waals surface area contributed by atoms with Gasteiger partial charge in [-0.3, -0.25) is 4.79 Å². The normalized spacial score (nSPS) is 10.6. The second kappa shape index (κ2) is 8.50. The molecule has 0 saturated carbocycles. The Morgan fingerprint density at radius 2 is 1.63 bits per heavy atom. The molecule has 0 fully saturated rings. The van der Waals surface area contributed by atoms with Gasteiger partial charge >= 0.3 is 0 Å². The van der Waals surface area contributed by atoms with Crippen LogP contribution in [-0.2, 0) is 11.3 Å². The summed E-state index contributed by atoms with van der Waals surface area (Å²) in [7, 11) is 0. The van der Waals surface area contributed by atoms with E-state index in [0.29, 0.717) is 17.4 Å². The van der Waals surface area contributed by atoms with Crippen LogP contribution < -0.4 is 16.4 Å². The van der Waals surface area contributed by atoms with Crippen molar-refractivity contribution in [2.45, 2.75) is 11.7 Å². The molecule has 0 aliphatic heterocycles. The maximum Gasteiger partial charge on any atom is 0.237 e. The van der Waals surface area contributed by atoms with Gasteiger partial charge in [0.05, 0.1) is 12.3 Å². The van der Waals surface area contributed by atoms with Crippen LogP contribution in [0, 0.1) is 5.82 Å². The molecule has 0 aliphatic rings. The second-order valence-corrected chi connectivity index (χ2v) is 6.67. The molecule has 0 atom stereocenters. The van der Waals surface area contributed by atoms with Crippen LogP contribution in [0.1, 0.15) is 5.56 Å². The number of carbonyl (C=O) groups excluding carboxylic acids is 1. The standard InChI is InChI=1S/C19H18FN5OS/c20-14-6-8-15(9-7-14)25(11-13-4-2-1-3-5-13)18(26)12-27-19-23-16(21)10-17(22)24-19/h1-10H,11-12H2,(H4,21,22,23,24). The Labute approximate surface area is 160 Å². The van der Waals surface area contributed by atoms with Crippen molar-refractivity contribution >= 4 is 35.0 Å². The van der Waals surface area contributed by atoms with Gasteiger partial charge in [0.2, 0.25) is 5.91 Å². The van der Waals surface area contributed by atoms with Crippen LogP contribution in [-0.4, -0.2) is 21.6 Å². The molecule has 0 spiro atoms. The maximum absolute atomic E-state index is 13.3. The molecule has 0 bridgehead atoms. The van der Waals surface area contributed by atoms with E-state index in [1.807, 2.05) is 30.3 Å². The molecule has 0 aliphatic carbocycles. The molecule has 4 N–H and O–H groups in total. The highest BCUT2D eigenvalue weighted by Gasteiger charge is 2.17. The van der Waals surface area contributed by atoms with Gasteiger partial charge in [0.15, 0.2) is 5.16 Å². The number of thioether (sulfide) groups is 1. The Kier molecular flexibility index (Phi) is 5.87. The van der Waals surface area contributed by atoms with Crippen molar-refractivity contribution < 1.29 is 9.18 Å². The Bertz CT molecular complexity index is 901. The molecule has 6 nitrogen and oxygen atoms in total. The SMILES string of the molecule is Nc1cc(N)nc(SCC(=O)N(Cc2ccccc2)c2ccc(F)cc2)n1. The zero-order valence-electron chi connectivity index (χ0n) is 14.4. The fourth-order valence-electron chi connectivity index (χ4n) is 2.44. The largest absolute Gasteiger partial charge is 0.383 e. The summed E-state index contributed by atoms with van der Waals surface area (Å²) < 4.78 is 13.3. The van der Waals surface area contributed by atoms with Gasteiger partial charge in [-0.1, -0.05) is 42.1 Å². The van der Waals surface area contributed by atoms with Gasteiger partial charge in [0.1, 0.15) is 17.5 Å². The van der Waals surface area contributed by atoms with E-state index in [1.165, 1.54) is 18.2 Å². The molecule has 1 amide bonds. The third kappa shape index (κ3) is 5.18. The number of rotatable bonds is 6. The van der Waals surface area contributed by atoms with Crippen molar-refractivity contribution in [3.63, 3.8) is 0 Å². The first-order valence-electron chi connectivity index (χ1n) is 8.14. The van der Waals surface area contributed by atoms with Crippen LogP contribution in [0.2, 0.25) is 0 Å². The van der Waals surface area contributed by atoms with Crippen LogP contribution in [0.25, 0.3) is 0 Å². The van der Waals surface area contributed by atoms with E-state index in [2.05, 4.69) is 9.97 Å². The average molecular weight is 383 g/mol. The lowest BCUT2D eigenvalue weighted by Gasteiger charge is -2.23. The number of nitrogen functional groups attached to an aromatic ring is 2. The third-order valence-electron chi connectivity index (χ3n) is 3.69. The van der Waals surface area contributed by atoms with E-state index in [4.69, 9.17) is 11.5 Å². The summed E-state index contributed by atoms with van der Waals surface area (Å²) in [5, 5.41) is 0.333. The summed E-state index contributed by atoms with van der Waals surface area (Å²) in [6.45, 7) is 0.367. The molecule has 1 aromatic heterocycles. The minimum absolute atomic E-state index is 0.0904.